The fourth-order valence-electron chi connectivity index (χ4n) is 4.35. The predicted molar refractivity (Wildman–Crippen MR) is 138 cm³/mol. The van der Waals surface area contributed by atoms with E-state index in [1.165, 1.54) is 12.1 Å². The Balaban J connectivity index is 1.82. The van der Waals surface area contributed by atoms with Crippen LogP contribution in [0, 0.1) is 5.82 Å². The van der Waals surface area contributed by atoms with Gasteiger partial charge in [0.05, 0.1) is 17.8 Å². The summed E-state index contributed by atoms with van der Waals surface area (Å²) in [5, 5.41) is 9.91. The van der Waals surface area contributed by atoms with Crippen molar-refractivity contribution in [2.24, 2.45) is 0 Å². The first-order valence-corrected chi connectivity index (χ1v) is 15.6. The van der Waals surface area contributed by atoms with E-state index in [0.29, 0.717) is 36.2 Å². The number of carboxylic acids is 1. The minimum Gasteiger partial charge on any atom is -0.480 e. The van der Waals surface area contributed by atoms with Crippen LogP contribution in [0.2, 0.25) is 0 Å². The van der Waals surface area contributed by atoms with Crippen LogP contribution in [-0.4, -0.2) is 127 Å². The highest BCUT2D eigenvalue weighted by molar-refractivity contribution is 7.51. The Kier molecular flexibility index (Phi) is 10.9. The molecule has 16 heteroatoms. The summed E-state index contributed by atoms with van der Waals surface area (Å²) in [5.41, 5.74) is 1.30. The molecule has 5 N–H and O–H groups in total. The molecular weight excluding hydrogens is 543 g/mol. The van der Waals surface area contributed by atoms with E-state index in [1.807, 2.05) is 4.90 Å². The monoisotopic (exact) mass is 577 g/mol. The van der Waals surface area contributed by atoms with Crippen molar-refractivity contribution in [2.75, 3.05) is 71.5 Å². The Morgan fingerprint density at radius 2 is 1.29 bits per heavy atom. The molecule has 1 aliphatic heterocycles. The molecule has 1 saturated heterocycles. The van der Waals surface area contributed by atoms with E-state index in [1.54, 1.807) is 32.9 Å². The zero-order valence-corrected chi connectivity index (χ0v) is 22.6. The second kappa shape index (κ2) is 13.5. The lowest BCUT2D eigenvalue weighted by Crippen LogP contribution is -2.47. The summed E-state index contributed by atoms with van der Waals surface area (Å²) in [6.45, 7) is 2.13. The number of aromatic nitrogens is 1. The number of pyridine rings is 1. The van der Waals surface area contributed by atoms with Crippen molar-refractivity contribution < 1.29 is 43.0 Å². The molecule has 1 aliphatic rings. The summed E-state index contributed by atoms with van der Waals surface area (Å²) in [4.78, 5) is 60.9. The summed E-state index contributed by atoms with van der Waals surface area (Å²) in [7, 11) is -8.75. The molecule has 1 aromatic carbocycles. The molecule has 0 aliphatic carbocycles. The zero-order valence-electron chi connectivity index (χ0n) is 20.8. The summed E-state index contributed by atoms with van der Waals surface area (Å²) in [5.74, 6) is -1.44. The number of hydrogen-bond donors (Lipinski definition) is 5. The molecule has 0 amide bonds. The molecule has 2 aromatic rings. The van der Waals surface area contributed by atoms with E-state index in [-0.39, 0.29) is 51.6 Å². The van der Waals surface area contributed by atoms with Gasteiger partial charge in [-0.25, -0.2) is 4.39 Å². The number of benzene rings is 1. The fourth-order valence-corrected chi connectivity index (χ4v) is 5.95. The van der Waals surface area contributed by atoms with Gasteiger partial charge in [-0.1, -0.05) is 6.07 Å². The van der Waals surface area contributed by atoms with E-state index in [2.05, 4.69) is 4.98 Å². The standard InChI is InChI=1S/C22H34FN5O8P2/c23-19-2-4-21-18(13-19)1-3-20(24-21)14-25-5-9-27(16-37(31,32)33)11-7-26(15-22(29)30)8-12-28(10-6-25)17-38(34,35)36/h1-4,13H,5-12,14-17H2,(H,29,30)(H2,31,32,33)(H2,34,35,36). The van der Waals surface area contributed by atoms with Crippen LogP contribution in [0.3, 0.4) is 0 Å². The molecule has 0 unspecified atom stereocenters. The number of hydrogen-bond acceptors (Lipinski definition) is 8. The van der Waals surface area contributed by atoms with Gasteiger partial charge in [0.15, 0.2) is 0 Å². The maximum Gasteiger partial charge on any atom is 0.339 e. The van der Waals surface area contributed by atoms with Gasteiger partial charge in [0.1, 0.15) is 18.4 Å². The van der Waals surface area contributed by atoms with Crippen molar-refractivity contribution in [3.05, 3.63) is 41.8 Å². The van der Waals surface area contributed by atoms with Crippen molar-refractivity contribution in [2.45, 2.75) is 6.54 Å². The lowest BCUT2D eigenvalue weighted by molar-refractivity contribution is -0.138. The first-order valence-electron chi connectivity index (χ1n) is 12.0. The average Bonchev–Trinajstić information content (AvgIpc) is 2.78. The van der Waals surface area contributed by atoms with Crippen LogP contribution in [-0.2, 0) is 20.5 Å². The number of halogens is 1. The third kappa shape index (κ3) is 11.1. The number of aliphatic carboxylic acids is 1. The lowest BCUT2D eigenvalue weighted by atomic mass is 10.2. The Morgan fingerprint density at radius 1 is 0.789 bits per heavy atom. The Hall–Kier alpha value is -1.83. The second-order valence-electron chi connectivity index (χ2n) is 9.43. The molecule has 3 rings (SSSR count). The Labute approximate surface area is 219 Å². The third-order valence-electron chi connectivity index (χ3n) is 6.15. The summed E-state index contributed by atoms with van der Waals surface area (Å²) >= 11 is 0. The maximum atomic E-state index is 13.5. The SMILES string of the molecule is O=C(O)CN1CCN(CP(=O)(O)O)CCN(Cc2ccc3cc(F)ccc3n2)CCN(CP(=O)(O)O)CC1. The minimum atomic E-state index is -4.38. The maximum absolute atomic E-state index is 13.5. The highest BCUT2D eigenvalue weighted by Gasteiger charge is 2.25. The fraction of sp³-hybridized carbons (Fsp3) is 0.545. The van der Waals surface area contributed by atoms with Crippen molar-refractivity contribution in [1.29, 1.82) is 0 Å². The van der Waals surface area contributed by atoms with Crippen LogP contribution < -0.4 is 0 Å². The number of carbonyl (C=O) groups is 1. The number of nitrogens with zero attached hydrogens (tertiary/aromatic N) is 5. The van der Waals surface area contributed by atoms with Crippen LogP contribution in [0.15, 0.2) is 30.3 Å². The molecule has 1 fully saturated rings. The first-order chi connectivity index (χ1) is 17.8. The Bertz CT molecular complexity index is 1160. The smallest absolute Gasteiger partial charge is 0.339 e. The Morgan fingerprint density at radius 3 is 1.79 bits per heavy atom. The topological polar surface area (TPSA) is 178 Å². The van der Waals surface area contributed by atoms with Gasteiger partial charge in [0, 0.05) is 64.3 Å². The van der Waals surface area contributed by atoms with Gasteiger partial charge in [0.25, 0.3) is 0 Å². The van der Waals surface area contributed by atoms with E-state index in [0.717, 1.165) is 0 Å². The van der Waals surface area contributed by atoms with E-state index in [9.17, 15) is 43.0 Å². The average molecular weight is 577 g/mol. The first kappa shape index (κ1) is 30.7. The minimum absolute atomic E-state index is 0.199. The highest BCUT2D eigenvalue weighted by Crippen LogP contribution is 2.36. The normalized spacial score (nSPS) is 18.8. The quantitative estimate of drug-likeness (QED) is 0.274. The van der Waals surface area contributed by atoms with Crippen molar-refractivity contribution in [3.63, 3.8) is 0 Å². The molecule has 0 radical (unpaired) electrons. The highest BCUT2D eigenvalue weighted by atomic mass is 31.2. The predicted octanol–water partition coefficient (Wildman–Crippen LogP) is 0.451. The molecule has 0 saturated carbocycles. The molecule has 0 atom stereocenters. The van der Waals surface area contributed by atoms with Gasteiger partial charge in [-0.15, -0.1) is 0 Å². The molecular formula is C22H34FN5O8P2. The van der Waals surface area contributed by atoms with Gasteiger partial charge in [-0.3, -0.25) is 38.5 Å². The number of carboxylic acid groups (broad SMARTS) is 1. The van der Waals surface area contributed by atoms with Gasteiger partial charge < -0.3 is 24.7 Å². The molecule has 0 bridgehead atoms. The van der Waals surface area contributed by atoms with Gasteiger partial charge >= 0.3 is 21.2 Å². The molecule has 0 spiro atoms. The third-order valence-corrected chi connectivity index (χ3v) is 7.69. The van der Waals surface area contributed by atoms with Crippen LogP contribution in [0.1, 0.15) is 5.69 Å². The largest absolute Gasteiger partial charge is 0.480 e. The van der Waals surface area contributed by atoms with Gasteiger partial charge in [-0.2, -0.15) is 0 Å². The molecule has 212 valence electrons. The molecule has 2 heterocycles. The van der Waals surface area contributed by atoms with Crippen LogP contribution >= 0.6 is 15.2 Å². The van der Waals surface area contributed by atoms with Crippen molar-refractivity contribution >= 4 is 32.1 Å². The van der Waals surface area contributed by atoms with Crippen LogP contribution in [0.4, 0.5) is 4.39 Å². The van der Waals surface area contributed by atoms with Gasteiger partial charge in [0.2, 0.25) is 0 Å². The zero-order chi connectivity index (χ0) is 27.9. The lowest BCUT2D eigenvalue weighted by Gasteiger charge is -2.33. The van der Waals surface area contributed by atoms with E-state index >= 15 is 0 Å². The van der Waals surface area contributed by atoms with Crippen LogP contribution in [0.25, 0.3) is 10.9 Å². The number of rotatable bonds is 8. The van der Waals surface area contributed by atoms with E-state index in [4.69, 9.17) is 0 Å². The molecule has 1 aromatic heterocycles. The van der Waals surface area contributed by atoms with Crippen molar-refractivity contribution in [1.82, 2.24) is 24.6 Å². The van der Waals surface area contributed by atoms with Gasteiger partial charge in [-0.05, 0) is 24.3 Å². The van der Waals surface area contributed by atoms with Crippen molar-refractivity contribution in [3.8, 4) is 0 Å². The molecule has 38 heavy (non-hydrogen) atoms. The summed E-state index contributed by atoms with van der Waals surface area (Å²) in [6.07, 6.45) is -0.961. The second-order valence-corrected chi connectivity index (χ2v) is 12.7. The molecule has 13 nitrogen and oxygen atoms in total. The summed E-state index contributed by atoms with van der Waals surface area (Å²) in [6, 6.07) is 7.81. The summed E-state index contributed by atoms with van der Waals surface area (Å²) < 4.78 is 37.0. The number of fused-ring (bicyclic) bond motifs is 1. The van der Waals surface area contributed by atoms with Crippen LogP contribution in [0.5, 0.6) is 0 Å². The van der Waals surface area contributed by atoms with E-state index < -0.39 is 33.7 Å².